The SMILES string of the molecule is NCc1ccc(-n2cc(COC3COC3)nn2)cc1. The summed E-state index contributed by atoms with van der Waals surface area (Å²) < 4.78 is 12.4. The van der Waals surface area contributed by atoms with Gasteiger partial charge >= 0.3 is 0 Å². The van der Waals surface area contributed by atoms with Gasteiger partial charge in [0.1, 0.15) is 11.8 Å². The molecule has 1 aromatic carbocycles. The van der Waals surface area contributed by atoms with Crippen LogP contribution in [0.25, 0.3) is 5.69 Å². The largest absolute Gasteiger partial charge is 0.376 e. The fraction of sp³-hybridized carbons (Fsp3) is 0.385. The highest BCUT2D eigenvalue weighted by Crippen LogP contribution is 2.11. The van der Waals surface area contributed by atoms with Gasteiger partial charge in [-0.1, -0.05) is 17.3 Å². The van der Waals surface area contributed by atoms with E-state index in [-0.39, 0.29) is 6.10 Å². The summed E-state index contributed by atoms with van der Waals surface area (Å²) in [6.07, 6.45) is 2.07. The fourth-order valence-corrected chi connectivity index (χ4v) is 1.79. The van der Waals surface area contributed by atoms with E-state index >= 15 is 0 Å². The number of benzene rings is 1. The van der Waals surface area contributed by atoms with Crippen molar-refractivity contribution in [2.75, 3.05) is 13.2 Å². The zero-order chi connectivity index (χ0) is 13.1. The lowest BCUT2D eigenvalue weighted by atomic mass is 10.2. The Balaban J connectivity index is 1.65. The van der Waals surface area contributed by atoms with Crippen LogP contribution in [-0.2, 0) is 22.6 Å². The zero-order valence-electron chi connectivity index (χ0n) is 10.5. The molecule has 2 aromatic rings. The molecule has 2 heterocycles. The predicted octanol–water partition coefficient (Wildman–Crippen LogP) is 0.641. The molecule has 1 fully saturated rings. The van der Waals surface area contributed by atoms with E-state index in [1.54, 1.807) is 4.68 Å². The molecule has 0 aliphatic carbocycles. The average molecular weight is 260 g/mol. The molecule has 1 saturated heterocycles. The van der Waals surface area contributed by atoms with Crippen molar-refractivity contribution >= 4 is 0 Å². The van der Waals surface area contributed by atoms with E-state index in [9.17, 15) is 0 Å². The van der Waals surface area contributed by atoms with Crippen molar-refractivity contribution in [3.05, 3.63) is 41.7 Å². The van der Waals surface area contributed by atoms with Gasteiger partial charge in [0.05, 0.1) is 31.7 Å². The molecule has 1 aromatic heterocycles. The molecule has 0 saturated carbocycles. The van der Waals surface area contributed by atoms with Gasteiger partial charge in [-0.25, -0.2) is 4.68 Å². The second kappa shape index (κ2) is 5.48. The van der Waals surface area contributed by atoms with Gasteiger partial charge in [0.2, 0.25) is 0 Å². The maximum atomic E-state index is 5.59. The Kier molecular flexibility index (Phi) is 3.54. The predicted molar refractivity (Wildman–Crippen MR) is 68.6 cm³/mol. The van der Waals surface area contributed by atoms with Crippen LogP contribution >= 0.6 is 0 Å². The summed E-state index contributed by atoms with van der Waals surface area (Å²) in [4.78, 5) is 0. The third-order valence-corrected chi connectivity index (χ3v) is 3.05. The van der Waals surface area contributed by atoms with Gasteiger partial charge < -0.3 is 15.2 Å². The maximum absolute atomic E-state index is 5.59. The number of hydrogen-bond donors (Lipinski definition) is 1. The second-order valence-electron chi connectivity index (χ2n) is 4.50. The third-order valence-electron chi connectivity index (χ3n) is 3.05. The molecule has 0 bridgehead atoms. The topological polar surface area (TPSA) is 75.2 Å². The monoisotopic (exact) mass is 260 g/mol. The molecular formula is C13H16N4O2. The van der Waals surface area contributed by atoms with Crippen LogP contribution in [0.4, 0.5) is 0 Å². The van der Waals surface area contributed by atoms with Crippen LogP contribution in [-0.4, -0.2) is 34.3 Å². The van der Waals surface area contributed by atoms with Crippen molar-refractivity contribution in [3.63, 3.8) is 0 Å². The first-order valence-corrected chi connectivity index (χ1v) is 6.25. The minimum Gasteiger partial charge on any atom is -0.376 e. The summed E-state index contributed by atoms with van der Waals surface area (Å²) in [5.41, 5.74) is 8.44. The van der Waals surface area contributed by atoms with E-state index in [4.69, 9.17) is 15.2 Å². The summed E-state index contributed by atoms with van der Waals surface area (Å²) in [5.74, 6) is 0. The highest BCUT2D eigenvalue weighted by Gasteiger charge is 2.19. The van der Waals surface area contributed by atoms with Crippen LogP contribution in [0.1, 0.15) is 11.3 Å². The molecule has 6 nitrogen and oxygen atoms in total. The molecule has 2 N–H and O–H groups in total. The molecule has 0 atom stereocenters. The van der Waals surface area contributed by atoms with Crippen molar-refractivity contribution in [2.24, 2.45) is 5.73 Å². The lowest BCUT2D eigenvalue weighted by Gasteiger charge is -2.25. The van der Waals surface area contributed by atoms with Crippen LogP contribution in [0, 0.1) is 0 Å². The highest BCUT2D eigenvalue weighted by atomic mass is 16.6. The molecule has 1 aliphatic rings. The molecule has 0 radical (unpaired) electrons. The minimum atomic E-state index is 0.203. The number of ether oxygens (including phenoxy) is 2. The fourth-order valence-electron chi connectivity index (χ4n) is 1.79. The molecule has 0 amide bonds. The number of nitrogens with zero attached hydrogens (tertiary/aromatic N) is 3. The highest BCUT2D eigenvalue weighted by molar-refractivity contribution is 5.33. The number of nitrogens with two attached hydrogens (primary N) is 1. The Hall–Kier alpha value is -1.76. The third kappa shape index (κ3) is 2.81. The Bertz CT molecular complexity index is 534. The van der Waals surface area contributed by atoms with Gasteiger partial charge in [0.25, 0.3) is 0 Å². The zero-order valence-corrected chi connectivity index (χ0v) is 10.5. The lowest BCUT2D eigenvalue weighted by molar-refractivity contribution is -0.135. The Labute approximate surface area is 111 Å². The Morgan fingerprint density at radius 3 is 2.74 bits per heavy atom. The first kappa shape index (κ1) is 12.3. The Morgan fingerprint density at radius 1 is 1.32 bits per heavy atom. The van der Waals surface area contributed by atoms with Gasteiger partial charge in [0, 0.05) is 6.54 Å². The van der Waals surface area contributed by atoms with Gasteiger partial charge in [-0.3, -0.25) is 0 Å². The molecule has 6 heteroatoms. The molecule has 0 unspecified atom stereocenters. The van der Waals surface area contributed by atoms with Crippen molar-refractivity contribution < 1.29 is 9.47 Å². The van der Waals surface area contributed by atoms with Crippen molar-refractivity contribution in [2.45, 2.75) is 19.3 Å². The van der Waals surface area contributed by atoms with E-state index in [0.29, 0.717) is 26.4 Å². The van der Waals surface area contributed by atoms with Crippen molar-refractivity contribution in [1.29, 1.82) is 0 Å². The second-order valence-corrected chi connectivity index (χ2v) is 4.50. The quantitative estimate of drug-likeness (QED) is 0.854. The first-order valence-electron chi connectivity index (χ1n) is 6.25. The van der Waals surface area contributed by atoms with E-state index < -0.39 is 0 Å². The number of rotatable bonds is 5. The summed E-state index contributed by atoms with van der Waals surface area (Å²) in [6, 6.07) is 7.92. The minimum absolute atomic E-state index is 0.203. The van der Waals surface area contributed by atoms with Gasteiger partial charge in [-0.05, 0) is 17.7 Å². The number of hydrogen-bond acceptors (Lipinski definition) is 5. The summed E-state index contributed by atoms with van der Waals surface area (Å²) >= 11 is 0. The van der Waals surface area contributed by atoms with Gasteiger partial charge in [0.15, 0.2) is 0 Å². The van der Waals surface area contributed by atoms with E-state index in [0.717, 1.165) is 16.9 Å². The summed E-state index contributed by atoms with van der Waals surface area (Å²) in [5, 5.41) is 8.18. The van der Waals surface area contributed by atoms with Crippen LogP contribution in [0.3, 0.4) is 0 Å². The molecule has 3 rings (SSSR count). The van der Waals surface area contributed by atoms with Crippen LogP contribution in [0.15, 0.2) is 30.5 Å². The van der Waals surface area contributed by atoms with Crippen LogP contribution in [0.2, 0.25) is 0 Å². The van der Waals surface area contributed by atoms with Crippen LogP contribution < -0.4 is 5.73 Å². The molecule has 19 heavy (non-hydrogen) atoms. The van der Waals surface area contributed by atoms with Gasteiger partial charge in [-0.2, -0.15) is 0 Å². The molecule has 1 aliphatic heterocycles. The standard InChI is InChI=1S/C13H16N4O2/c14-5-10-1-3-12(4-2-10)17-6-11(15-16-17)7-19-13-8-18-9-13/h1-4,6,13H,5,7-9,14H2. The summed E-state index contributed by atoms with van der Waals surface area (Å²) in [7, 11) is 0. The van der Waals surface area contributed by atoms with E-state index in [2.05, 4.69) is 10.3 Å². The van der Waals surface area contributed by atoms with Gasteiger partial charge in [-0.15, -0.1) is 5.10 Å². The average Bonchev–Trinajstić information content (AvgIpc) is 2.86. The van der Waals surface area contributed by atoms with E-state index in [1.165, 1.54) is 0 Å². The lowest BCUT2D eigenvalue weighted by Crippen LogP contribution is -2.35. The van der Waals surface area contributed by atoms with Crippen molar-refractivity contribution in [3.8, 4) is 5.69 Å². The summed E-state index contributed by atoms with van der Waals surface area (Å²) in [6.45, 7) is 2.36. The molecular weight excluding hydrogens is 244 g/mol. The maximum Gasteiger partial charge on any atom is 0.109 e. The normalized spacial score (nSPS) is 15.4. The number of aromatic nitrogens is 3. The molecule has 100 valence electrons. The smallest absolute Gasteiger partial charge is 0.109 e. The molecule has 0 spiro atoms. The first-order chi connectivity index (χ1) is 9.35. The van der Waals surface area contributed by atoms with E-state index in [1.807, 2.05) is 30.5 Å². The Morgan fingerprint density at radius 2 is 2.11 bits per heavy atom. The van der Waals surface area contributed by atoms with Crippen molar-refractivity contribution in [1.82, 2.24) is 15.0 Å². The van der Waals surface area contributed by atoms with Crippen LogP contribution in [0.5, 0.6) is 0 Å².